The second-order valence-corrected chi connectivity index (χ2v) is 7.55. The van der Waals surface area contributed by atoms with Gasteiger partial charge in [-0.2, -0.15) is 0 Å². The molecule has 0 N–H and O–H groups in total. The van der Waals surface area contributed by atoms with Gasteiger partial charge in [-0.15, -0.1) is 0 Å². The van der Waals surface area contributed by atoms with Crippen molar-refractivity contribution in [3.8, 4) is 11.5 Å². The molecule has 0 unspecified atom stereocenters. The van der Waals surface area contributed by atoms with Crippen LogP contribution in [0.5, 0.6) is 0 Å². The average molecular weight is 356 g/mol. The summed E-state index contributed by atoms with van der Waals surface area (Å²) in [4.78, 5) is 31.9. The summed E-state index contributed by atoms with van der Waals surface area (Å²) in [5.74, 6) is 0.372. The number of fused-ring (bicyclic) bond motifs is 6. The molecule has 3 aromatic rings. The minimum absolute atomic E-state index is 0.0726. The first-order valence-electron chi connectivity index (χ1n) is 9.23. The number of anilines is 1. The SMILES string of the molecule is O=C1[C@@H]2[C@@H](C(=O)N1c1cccc(-c3nc4ccccc4o3)c1)[C@H]1C=C[C@H]2C1. The van der Waals surface area contributed by atoms with Crippen molar-refractivity contribution in [1.29, 1.82) is 0 Å². The summed E-state index contributed by atoms with van der Waals surface area (Å²) in [6.07, 6.45) is 5.15. The van der Waals surface area contributed by atoms with Crippen molar-refractivity contribution < 1.29 is 14.0 Å². The third-order valence-electron chi connectivity index (χ3n) is 6.12. The molecule has 3 aliphatic rings. The van der Waals surface area contributed by atoms with Crippen molar-refractivity contribution in [2.45, 2.75) is 6.42 Å². The monoisotopic (exact) mass is 356 g/mol. The van der Waals surface area contributed by atoms with Crippen LogP contribution in [0.1, 0.15) is 6.42 Å². The average Bonchev–Trinajstić information content (AvgIpc) is 3.44. The molecular weight excluding hydrogens is 340 g/mol. The second kappa shape index (κ2) is 5.16. The lowest BCUT2D eigenvalue weighted by Gasteiger charge is -2.17. The summed E-state index contributed by atoms with van der Waals surface area (Å²) in [5.41, 5.74) is 2.84. The Labute approximate surface area is 155 Å². The largest absolute Gasteiger partial charge is 0.436 e. The Morgan fingerprint density at radius 1 is 0.926 bits per heavy atom. The molecule has 5 nitrogen and oxygen atoms in total. The van der Waals surface area contributed by atoms with Crippen molar-refractivity contribution >= 4 is 28.6 Å². The summed E-state index contributed by atoms with van der Waals surface area (Å²) in [5, 5.41) is 0. The van der Waals surface area contributed by atoms with Crippen LogP contribution in [0.25, 0.3) is 22.6 Å². The predicted molar refractivity (Wildman–Crippen MR) is 99.7 cm³/mol. The zero-order valence-corrected chi connectivity index (χ0v) is 14.4. The van der Waals surface area contributed by atoms with Gasteiger partial charge in [0.1, 0.15) is 5.52 Å². The molecule has 1 aromatic heterocycles. The highest BCUT2D eigenvalue weighted by Gasteiger charge is 2.59. The molecule has 1 saturated carbocycles. The quantitative estimate of drug-likeness (QED) is 0.517. The lowest BCUT2D eigenvalue weighted by Crippen LogP contribution is -2.32. The first-order chi connectivity index (χ1) is 13.2. The number of aromatic nitrogens is 1. The van der Waals surface area contributed by atoms with E-state index in [4.69, 9.17) is 4.42 Å². The smallest absolute Gasteiger partial charge is 0.238 e. The summed E-state index contributed by atoms with van der Waals surface area (Å²) < 4.78 is 5.83. The molecule has 1 saturated heterocycles. The van der Waals surface area contributed by atoms with Crippen LogP contribution in [-0.4, -0.2) is 16.8 Å². The van der Waals surface area contributed by atoms with E-state index in [1.165, 1.54) is 4.90 Å². The molecule has 132 valence electrons. The fraction of sp³-hybridized carbons (Fsp3) is 0.227. The Kier molecular flexibility index (Phi) is 2.85. The van der Waals surface area contributed by atoms with Crippen molar-refractivity contribution in [2.24, 2.45) is 23.7 Å². The number of imide groups is 1. The number of oxazole rings is 1. The summed E-state index contributed by atoms with van der Waals surface area (Å²) >= 11 is 0. The maximum atomic E-state index is 13.0. The fourth-order valence-corrected chi connectivity index (χ4v) is 4.93. The number of hydrogen-bond donors (Lipinski definition) is 0. The molecule has 2 amide bonds. The zero-order valence-electron chi connectivity index (χ0n) is 14.4. The van der Waals surface area contributed by atoms with Gasteiger partial charge >= 0.3 is 0 Å². The number of amides is 2. The molecule has 2 heterocycles. The van der Waals surface area contributed by atoms with Crippen LogP contribution < -0.4 is 4.90 Å². The molecule has 1 aliphatic heterocycles. The van der Waals surface area contributed by atoms with Gasteiger partial charge in [-0.3, -0.25) is 9.59 Å². The molecule has 0 spiro atoms. The van der Waals surface area contributed by atoms with Gasteiger partial charge in [0.25, 0.3) is 0 Å². The van der Waals surface area contributed by atoms with Gasteiger partial charge in [-0.05, 0) is 48.6 Å². The third-order valence-corrected chi connectivity index (χ3v) is 6.12. The van der Waals surface area contributed by atoms with Gasteiger partial charge in [0.15, 0.2) is 5.58 Å². The number of nitrogens with zero attached hydrogens (tertiary/aromatic N) is 2. The van der Waals surface area contributed by atoms with E-state index in [1.54, 1.807) is 6.07 Å². The topological polar surface area (TPSA) is 63.4 Å². The molecule has 4 atom stereocenters. The second-order valence-electron chi connectivity index (χ2n) is 7.55. The van der Waals surface area contributed by atoms with Crippen LogP contribution in [0.3, 0.4) is 0 Å². The lowest BCUT2D eigenvalue weighted by molar-refractivity contribution is -0.123. The molecule has 2 aromatic carbocycles. The van der Waals surface area contributed by atoms with Gasteiger partial charge in [0.05, 0.1) is 17.5 Å². The Bertz CT molecular complexity index is 1080. The zero-order chi connectivity index (χ0) is 18.1. The fourth-order valence-electron chi connectivity index (χ4n) is 4.93. The van der Waals surface area contributed by atoms with E-state index in [2.05, 4.69) is 17.1 Å². The maximum Gasteiger partial charge on any atom is 0.238 e. The van der Waals surface area contributed by atoms with Crippen LogP contribution in [0.2, 0.25) is 0 Å². The Morgan fingerprint density at radius 3 is 2.41 bits per heavy atom. The van der Waals surface area contributed by atoms with E-state index in [0.29, 0.717) is 17.2 Å². The molecular formula is C22H16N2O3. The van der Waals surface area contributed by atoms with Crippen molar-refractivity contribution in [3.63, 3.8) is 0 Å². The summed E-state index contributed by atoms with van der Waals surface area (Å²) in [7, 11) is 0. The number of carbonyl (C=O) groups is 2. The van der Waals surface area contributed by atoms with E-state index < -0.39 is 0 Å². The van der Waals surface area contributed by atoms with E-state index in [0.717, 1.165) is 17.5 Å². The molecule has 2 aliphatic carbocycles. The highest BCUT2D eigenvalue weighted by molar-refractivity contribution is 6.23. The van der Waals surface area contributed by atoms with Crippen LogP contribution in [0.15, 0.2) is 65.1 Å². The molecule has 0 radical (unpaired) electrons. The number of rotatable bonds is 2. The maximum absolute atomic E-state index is 13.0. The van der Waals surface area contributed by atoms with Gasteiger partial charge in [-0.25, -0.2) is 9.88 Å². The first-order valence-corrected chi connectivity index (χ1v) is 9.23. The van der Waals surface area contributed by atoms with Gasteiger partial charge in [-0.1, -0.05) is 30.4 Å². The summed E-state index contributed by atoms with van der Waals surface area (Å²) in [6, 6.07) is 14.9. The Balaban J connectivity index is 1.40. The van der Waals surface area contributed by atoms with Crippen LogP contribution in [0, 0.1) is 23.7 Å². The normalized spacial score (nSPS) is 28.5. The summed E-state index contributed by atoms with van der Waals surface area (Å²) in [6.45, 7) is 0. The van der Waals surface area contributed by atoms with Crippen LogP contribution in [-0.2, 0) is 9.59 Å². The standard InChI is InChI=1S/C22H16N2O3/c25-21-18-12-8-9-13(10-12)19(18)22(26)24(21)15-5-3-4-14(11-15)20-23-16-6-1-2-7-17(16)27-20/h1-9,11-13,18-19H,10H2/t12-,13-,18-,19-/m0/s1. The van der Waals surface area contributed by atoms with E-state index in [-0.39, 0.29) is 35.5 Å². The molecule has 27 heavy (non-hydrogen) atoms. The number of carbonyl (C=O) groups excluding carboxylic acids is 2. The van der Waals surface area contributed by atoms with E-state index >= 15 is 0 Å². The van der Waals surface area contributed by atoms with Gasteiger partial charge < -0.3 is 4.42 Å². The molecule has 6 rings (SSSR count). The van der Waals surface area contributed by atoms with E-state index in [9.17, 15) is 9.59 Å². The Morgan fingerprint density at radius 2 is 1.67 bits per heavy atom. The van der Waals surface area contributed by atoms with Gasteiger partial charge in [0.2, 0.25) is 17.7 Å². The number of benzene rings is 2. The highest BCUT2D eigenvalue weighted by Crippen LogP contribution is 2.53. The third kappa shape index (κ3) is 1.97. The highest BCUT2D eigenvalue weighted by atomic mass is 16.3. The molecule has 2 bridgehead atoms. The van der Waals surface area contributed by atoms with Crippen molar-refractivity contribution in [3.05, 3.63) is 60.7 Å². The number of para-hydroxylation sites is 2. The molecule has 5 heteroatoms. The predicted octanol–water partition coefficient (Wildman–Crippen LogP) is 3.81. The number of allylic oxidation sites excluding steroid dienone is 2. The van der Waals surface area contributed by atoms with Crippen LogP contribution in [0.4, 0.5) is 5.69 Å². The number of hydrogen-bond acceptors (Lipinski definition) is 4. The van der Waals surface area contributed by atoms with Crippen LogP contribution >= 0.6 is 0 Å². The van der Waals surface area contributed by atoms with Crippen molar-refractivity contribution in [1.82, 2.24) is 4.98 Å². The van der Waals surface area contributed by atoms with E-state index in [1.807, 2.05) is 42.5 Å². The lowest BCUT2D eigenvalue weighted by atomic mass is 9.85. The minimum atomic E-state index is -0.194. The van der Waals surface area contributed by atoms with Crippen molar-refractivity contribution in [2.75, 3.05) is 4.90 Å². The molecule has 2 fully saturated rings. The van der Waals surface area contributed by atoms with Gasteiger partial charge in [0, 0.05) is 5.56 Å². The minimum Gasteiger partial charge on any atom is -0.436 e. The Hall–Kier alpha value is -3.21. The first kappa shape index (κ1) is 14.9.